The first-order chi connectivity index (χ1) is 7.88. The lowest BCUT2D eigenvalue weighted by Gasteiger charge is -2.01. The number of rotatable bonds is 4. The minimum absolute atomic E-state index is 0.746. The first-order valence-electron chi connectivity index (χ1n) is 4.76. The van der Waals surface area contributed by atoms with Gasteiger partial charge in [0.2, 0.25) is 0 Å². The van der Waals surface area contributed by atoms with Crippen molar-refractivity contribution in [1.82, 2.24) is 19.9 Å². The minimum atomic E-state index is 0.746. The van der Waals surface area contributed by atoms with Gasteiger partial charge in [0.15, 0.2) is 0 Å². The van der Waals surface area contributed by atoms with Crippen molar-refractivity contribution in [3.63, 3.8) is 0 Å². The maximum atomic E-state index is 4.27. The fourth-order valence-electron chi connectivity index (χ4n) is 1.07. The summed E-state index contributed by atoms with van der Waals surface area (Å²) in [6.07, 6.45) is 8.55. The van der Waals surface area contributed by atoms with Gasteiger partial charge in [-0.3, -0.25) is 9.97 Å². The molecule has 2 aromatic rings. The van der Waals surface area contributed by atoms with Gasteiger partial charge < -0.3 is 5.32 Å². The molecule has 1 N–H and O–H groups in total. The number of thioether (sulfide) groups is 1. The molecule has 82 valence electrons. The molecule has 0 radical (unpaired) electrons. The third-order valence-corrected chi connectivity index (χ3v) is 2.82. The lowest BCUT2D eigenvalue weighted by Crippen LogP contribution is -1.95. The van der Waals surface area contributed by atoms with Gasteiger partial charge in [0, 0.05) is 25.2 Å². The number of hydrogen-bond acceptors (Lipinski definition) is 6. The van der Waals surface area contributed by atoms with Crippen molar-refractivity contribution in [2.24, 2.45) is 0 Å². The maximum Gasteiger partial charge on any atom is 0.144 e. The molecular weight excluding hydrogens is 222 g/mol. The summed E-state index contributed by atoms with van der Waals surface area (Å²) in [5.74, 6) is 1.52. The molecule has 0 fully saturated rings. The lowest BCUT2D eigenvalue weighted by atomic mass is 10.5. The molecule has 0 unspecified atom stereocenters. The van der Waals surface area contributed by atoms with Gasteiger partial charge >= 0.3 is 0 Å². The number of aromatic nitrogens is 4. The van der Waals surface area contributed by atoms with Crippen molar-refractivity contribution < 1.29 is 0 Å². The Balaban J connectivity index is 1.94. The molecule has 0 amide bonds. The van der Waals surface area contributed by atoms with E-state index >= 15 is 0 Å². The van der Waals surface area contributed by atoms with Crippen LogP contribution in [0.2, 0.25) is 0 Å². The number of anilines is 1. The molecule has 0 spiro atoms. The monoisotopic (exact) mass is 233 g/mol. The molecule has 6 heteroatoms. The van der Waals surface area contributed by atoms with Crippen molar-refractivity contribution in [3.8, 4) is 0 Å². The van der Waals surface area contributed by atoms with Crippen molar-refractivity contribution in [2.45, 2.75) is 10.8 Å². The van der Waals surface area contributed by atoms with Crippen LogP contribution in [0.5, 0.6) is 0 Å². The Bertz CT molecular complexity index is 431. The van der Waals surface area contributed by atoms with Gasteiger partial charge in [-0.1, -0.05) is 11.8 Å². The lowest BCUT2D eigenvalue weighted by molar-refractivity contribution is 1.04. The van der Waals surface area contributed by atoms with E-state index in [4.69, 9.17) is 0 Å². The Labute approximate surface area is 97.8 Å². The molecule has 0 aromatic carbocycles. The van der Waals surface area contributed by atoms with E-state index in [2.05, 4.69) is 25.3 Å². The van der Waals surface area contributed by atoms with Crippen LogP contribution >= 0.6 is 11.8 Å². The van der Waals surface area contributed by atoms with Crippen LogP contribution in [0, 0.1) is 0 Å². The average molecular weight is 233 g/mol. The number of nitrogens with one attached hydrogen (secondary N) is 1. The standard InChI is InChI=1S/C10H11N5S/c1-11-9-5-14-8(4-15-9)7-16-10-6-12-2-3-13-10/h2-6H,7H2,1H3,(H,11,15). The number of nitrogens with zero attached hydrogens (tertiary/aromatic N) is 4. The van der Waals surface area contributed by atoms with Crippen LogP contribution in [-0.2, 0) is 5.75 Å². The Morgan fingerprint density at radius 3 is 2.69 bits per heavy atom. The van der Waals surface area contributed by atoms with E-state index in [9.17, 15) is 0 Å². The largest absolute Gasteiger partial charge is 0.372 e. The summed E-state index contributed by atoms with van der Waals surface area (Å²) in [7, 11) is 1.82. The molecule has 0 aliphatic heterocycles. The third kappa shape index (κ3) is 2.90. The topological polar surface area (TPSA) is 63.6 Å². The van der Waals surface area contributed by atoms with Gasteiger partial charge in [0.1, 0.15) is 10.8 Å². The van der Waals surface area contributed by atoms with Crippen molar-refractivity contribution in [1.29, 1.82) is 0 Å². The highest BCUT2D eigenvalue weighted by molar-refractivity contribution is 7.98. The van der Waals surface area contributed by atoms with Crippen LogP contribution < -0.4 is 5.32 Å². The quantitative estimate of drug-likeness (QED) is 0.809. The smallest absolute Gasteiger partial charge is 0.144 e. The summed E-state index contributed by atoms with van der Waals surface area (Å²) in [4.78, 5) is 16.6. The van der Waals surface area contributed by atoms with Gasteiger partial charge in [-0.15, -0.1) is 0 Å². The second kappa shape index (κ2) is 5.41. The zero-order valence-corrected chi connectivity index (χ0v) is 9.61. The van der Waals surface area contributed by atoms with Crippen LogP contribution in [0.25, 0.3) is 0 Å². The van der Waals surface area contributed by atoms with Crippen molar-refractivity contribution in [2.75, 3.05) is 12.4 Å². The first-order valence-corrected chi connectivity index (χ1v) is 5.74. The summed E-state index contributed by atoms with van der Waals surface area (Å²) < 4.78 is 0. The highest BCUT2D eigenvalue weighted by Gasteiger charge is 1.99. The molecule has 16 heavy (non-hydrogen) atoms. The molecule has 2 rings (SSSR count). The molecule has 2 heterocycles. The Kier molecular flexibility index (Phi) is 3.66. The predicted octanol–water partition coefficient (Wildman–Crippen LogP) is 1.60. The average Bonchev–Trinajstić information content (AvgIpc) is 2.38. The Hall–Kier alpha value is -1.69. The van der Waals surface area contributed by atoms with Gasteiger partial charge in [-0.2, -0.15) is 0 Å². The zero-order valence-electron chi connectivity index (χ0n) is 8.79. The molecule has 0 saturated heterocycles. The normalized spacial score (nSPS) is 10.1. The molecule has 0 atom stereocenters. The van der Waals surface area contributed by atoms with E-state index in [-0.39, 0.29) is 0 Å². The van der Waals surface area contributed by atoms with E-state index in [0.29, 0.717) is 0 Å². The maximum absolute atomic E-state index is 4.27. The summed E-state index contributed by atoms with van der Waals surface area (Å²) in [6, 6.07) is 0. The summed E-state index contributed by atoms with van der Waals surface area (Å²) in [6.45, 7) is 0. The molecular formula is C10H11N5S. The van der Waals surface area contributed by atoms with Crippen LogP contribution in [0.3, 0.4) is 0 Å². The fourth-order valence-corrected chi connectivity index (χ4v) is 1.78. The zero-order chi connectivity index (χ0) is 11.2. The van der Waals surface area contributed by atoms with Crippen molar-refractivity contribution in [3.05, 3.63) is 36.7 Å². The minimum Gasteiger partial charge on any atom is -0.372 e. The van der Waals surface area contributed by atoms with Crippen LogP contribution in [0.4, 0.5) is 5.82 Å². The molecule has 0 aliphatic carbocycles. The van der Waals surface area contributed by atoms with Crippen LogP contribution in [-0.4, -0.2) is 27.0 Å². The Morgan fingerprint density at radius 1 is 1.12 bits per heavy atom. The predicted molar refractivity (Wildman–Crippen MR) is 63.2 cm³/mol. The fraction of sp³-hybridized carbons (Fsp3) is 0.200. The summed E-state index contributed by atoms with van der Waals surface area (Å²) in [5.41, 5.74) is 0.926. The van der Waals surface area contributed by atoms with Crippen LogP contribution in [0.1, 0.15) is 5.69 Å². The SMILES string of the molecule is CNc1cnc(CSc2cnccn2)cn1. The van der Waals surface area contributed by atoms with Crippen molar-refractivity contribution >= 4 is 17.6 Å². The highest BCUT2D eigenvalue weighted by atomic mass is 32.2. The highest BCUT2D eigenvalue weighted by Crippen LogP contribution is 2.17. The van der Waals surface area contributed by atoms with E-state index in [0.717, 1.165) is 22.3 Å². The summed E-state index contributed by atoms with van der Waals surface area (Å²) >= 11 is 1.59. The number of hydrogen-bond donors (Lipinski definition) is 1. The Morgan fingerprint density at radius 2 is 2.06 bits per heavy atom. The molecule has 2 aromatic heterocycles. The van der Waals surface area contributed by atoms with E-state index in [1.54, 1.807) is 42.7 Å². The first kappa shape index (κ1) is 10.8. The van der Waals surface area contributed by atoms with Gasteiger partial charge in [-0.25, -0.2) is 9.97 Å². The molecule has 0 saturated carbocycles. The molecule has 0 bridgehead atoms. The second-order valence-electron chi connectivity index (χ2n) is 2.98. The second-order valence-corrected chi connectivity index (χ2v) is 3.97. The van der Waals surface area contributed by atoms with Gasteiger partial charge in [-0.05, 0) is 0 Å². The summed E-state index contributed by atoms with van der Waals surface area (Å²) in [5, 5.41) is 3.82. The van der Waals surface area contributed by atoms with E-state index in [1.165, 1.54) is 0 Å². The van der Waals surface area contributed by atoms with Crippen LogP contribution in [0.15, 0.2) is 36.0 Å². The van der Waals surface area contributed by atoms with E-state index in [1.807, 2.05) is 7.05 Å². The van der Waals surface area contributed by atoms with E-state index < -0.39 is 0 Å². The van der Waals surface area contributed by atoms with Gasteiger partial charge in [0.25, 0.3) is 0 Å². The molecule has 5 nitrogen and oxygen atoms in total. The van der Waals surface area contributed by atoms with Gasteiger partial charge in [0.05, 0.1) is 24.3 Å². The third-order valence-electron chi connectivity index (χ3n) is 1.87. The molecule has 0 aliphatic rings.